The Bertz CT molecular complexity index is 1550. The molecule has 9 nitrogen and oxygen atoms in total. The minimum atomic E-state index is -0.803. The summed E-state index contributed by atoms with van der Waals surface area (Å²) < 4.78 is 0. The van der Waals surface area contributed by atoms with E-state index in [1.165, 1.54) is 69.1 Å². The number of β-lactam (4-membered cyclic amide) rings is 1. The number of nitrogens with two attached hydrogens (primary N) is 1. The molecule has 54 heavy (non-hydrogen) atoms. The highest BCUT2D eigenvalue weighted by atomic mass is 32.2. The van der Waals surface area contributed by atoms with Crippen LogP contribution in [0, 0.1) is 58.2 Å². The summed E-state index contributed by atoms with van der Waals surface area (Å²) in [4.78, 5) is 55.3. The highest BCUT2D eigenvalue weighted by Gasteiger charge is 2.59. The molecule has 0 bridgehead atoms. The van der Waals surface area contributed by atoms with E-state index >= 15 is 0 Å². The summed E-state index contributed by atoms with van der Waals surface area (Å²) in [6.07, 6.45) is 22.4. The van der Waals surface area contributed by atoms with Gasteiger partial charge >= 0.3 is 0 Å². The lowest BCUT2D eigenvalue weighted by molar-refractivity contribution is -0.148. The molecule has 2 heterocycles. The average molecular weight is 764 g/mol. The lowest BCUT2D eigenvalue weighted by Crippen LogP contribution is -2.71. The topological polar surface area (TPSA) is 134 Å². The number of hydrogen-bond acceptors (Lipinski definition) is 6. The van der Waals surface area contributed by atoms with Crippen molar-refractivity contribution in [2.24, 2.45) is 51.6 Å². The molecule has 5 N–H and O–H groups in total. The van der Waals surface area contributed by atoms with Crippen LogP contribution >= 0.6 is 11.8 Å². The van der Waals surface area contributed by atoms with Crippen molar-refractivity contribution in [3.63, 3.8) is 0 Å². The maximum atomic E-state index is 13.7. The maximum absolute atomic E-state index is 13.7. The van der Waals surface area contributed by atoms with E-state index in [0.717, 1.165) is 42.1 Å². The van der Waals surface area contributed by atoms with Gasteiger partial charge in [-0.3, -0.25) is 24.1 Å². The quantitative estimate of drug-likeness (QED) is 0.0907. The van der Waals surface area contributed by atoms with E-state index in [1.807, 2.05) is 34.6 Å². The molecular weight excluding hydrogens is 695 g/mol. The molecule has 4 aliphatic carbocycles. The number of carbonyl (C=O) groups excluding carboxylic acids is 4. The van der Waals surface area contributed by atoms with Gasteiger partial charge in [0.05, 0.1) is 0 Å². The van der Waals surface area contributed by atoms with E-state index in [1.54, 1.807) is 11.8 Å². The number of rotatable bonds is 13. The fourth-order valence-electron chi connectivity index (χ4n) is 12.0. The molecule has 1 saturated heterocycles. The standard InChI is InChI=1S/C44H69N5O4S/c1-9-13-33(47-40(53)41(3,4)24-25-42(5,6)45)46-37(51)36-27(2)26-54-39-35(38(52)49(36)39)48-34(50)16-12-15-29-18-20-31-30-19-17-28-14-10-11-22-43(28,7)32(30)21-23-44(29,31)8/h1,28-33,35,39H,10-26,45H2,2-8H3,(H,46,51)(H,47,53)(H,48,50). The Hall–Kier alpha value is -2.51. The maximum Gasteiger partial charge on any atom is 0.269 e. The minimum Gasteiger partial charge on any atom is -0.342 e. The largest absolute Gasteiger partial charge is 0.342 e. The van der Waals surface area contributed by atoms with Crippen molar-refractivity contribution in [3.8, 4) is 12.3 Å². The van der Waals surface area contributed by atoms with Gasteiger partial charge in [-0.05, 0) is 144 Å². The van der Waals surface area contributed by atoms with Crippen LogP contribution in [0.4, 0.5) is 0 Å². The summed E-state index contributed by atoms with van der Waals surface area (Å²) in [5.74, 6) is 6.28. The van der Waals surface area contributed by atoms with E-state index in [9.17, 15) is 19.2 Å². The van der Waals surface area contributed by atoms with Crippen LogP contribution < -0.4 is 21.7 Å². The fraction of sp³-hybridized carbons (Fsp3) is 0.818. The number of carbonyl (C=O) groups is 4. The summed E-state index contributed by atoms with van der Waals surface area (Å²) in [6.45, 7) is 14.6. The molecule has 2 aliphatic heterocycles. The van der Waals surface area contributed by atoms with Crippen molar-refractivity contribution in [1.82, 2.24) is 20.9 Å². The molecule has 6 aliphatic rings. The van der Waals surface area contributed by atoms with Crippen LogP contribution in [-0.4, -0.2) is 57.4 Å². The molecule has 0 aromatic carbocycles. The number of nitrogens with one attached hydrogen (secondary N) is 3. The summed E-state index contributed by atoms with van der Waals surface area (Å²) in [6, 6.07) is -0.660. The van der Waals surface area contributed by atoms with E-state index in [0.29, 0.717) is 41.8 Å². The van der Waals surface area contributed by atoms with Gasteiger partial charge in [0.1, 0.15) is 23.3 Å². The van der Waals surface area contributed by atoms with Crippen LogP contribution in [0.5, 0.6) is 0 Å². The van der Waals surface area contributed by atoms with Gasteiger partial charge in [-0.1, -0.05) is 40.5 Å². The molecule has 10 heteroatoms. The zero-order valence-electron chi connectivity index (χ0n) is 34.3. The molecule has 300 valence electrons. The van der Waals surface area contributed by atoms with Gasteiger partial charge < -0.3 is 21.7 Å². The third kappa shape index (κ3) is 8.02. The van der Waals surface area contributed by atoms with Crippen LogP contribution in [0.2, 0.25) is 0 Å². The van der Waals surface area contributed by atoms with Crippen LogP contribution in [0.15, 0.2) is 11.3 Å². The molecule has 10 atom stereocenters. The normalized spacial score (nSPS) is 35.4. The third-order valence-electron chi connectivity index (χ3n) is 15.4. The molecule has 6 rings (SSSR count). The Labute approximate surface area is 329 Å². The third-order valence-corrected chi connectivity index (χ3v) is 16.8. The van der Waals surface area contributed by atoms with Crippen molar-refractivity contribution >= 4 is 35.4 Å². The molecule has 0 aromatic heterocycles. The van der Waals surface area contributed by atoms with E-state index < -0.39 is 29.1 Å². The number of fused-ring (bicyclic) bond motifs is 6. The lowest BCUT2D eigenvalue weighted by Gasteiger charge is -2.60. The highest BCUT2D eigenvalue weighted by Crippen LogP contribution is 2.68. The van der Waals surface area contributed by atoms with Crippen LogP contribution in [0.1, 0.15) is 151 Å². The first-order valence-electron chi connectivity index (χ1n) is 21.2. The summed E-state index contributed by atoms with van der Waals surface area (Å²) >= 11 is 1.56. The van der Waals surface area contributed by atoms with Crippen molar-refractivity contribution in [1.29, 1.82) is 0 Å². The Morgan fingerprint density at radius 3 is 2.44 bits per heavy atom. The Kier molecular flexibility index (Phi) is 12.0. The van der Waals surface area contributed by atoms with Gasteiger partial charge in [0.15, 0.2) is 0 Å². The van der Waals surface area contributed by atoms with Gasteiger partial charge in [0, 0.05) is 29.5 Å². The fourth-order valence-corrected chi connectivity index (χ4v) is 13.3. The monoisotopic (exact) mass is 764 g/mol. The second kappa shape index (κ2) is 15.8. The number of thioether (sulfide) groups is 1. The molecule has 4 amide bonds. The Morgan fingerprint density at radius 1 is 0.981 bits per heavy atom. The van der Waals surface area contributed by atoms with Crippen LogP contribution in [0.3, 0.4) is 0 Å². The number of nitrogens with zero attached hydrogens (tertiary/aromatic N) is 1. The van der Waals surface area contributed by atoms with Gasteiger partial charge in [-0.25, -0.2) is 0 Å². The molecular formula is C44H69N5O4S. The summed E-state index contributed by atoms with van der Waals surface area (Å²) in [5, 5.41) is 8.46. The Balaban J connectivity index is 0.988. The number of hydrogen-bond donors (Lipinski definition) is 4. The first-order chi connectivity index (χ1) is 25.4. The Morgan fingerprint density at radius 2 is 1.72 bits per heavy atom. The van der Waals surface area contributed by atoms with Crippen molar-refractivity contribution in [2.45, 2.75) is 174 Å². The van der Waals surface area contributed by atoms with Crippen LogP contribution in [-0.2, 0) is 19.2 Å². The van der Waals surface area contributed by atoms with Crippen molar-refractivity contribution in [3.05, 3.63) is 11.3 Å². The molecule has 10 unspecified atom stereocenters. The summed E-state index contributed by atoms with van der Waals surface area (Å²) in [7, 11) is 0. The zero-order valence-corrected chi connectivity index (χ0v) is 35.1. The predicted octanol–water partition coefficient (Wildman–Crippen LogP) is 7.01. The molecule has 0 aromatic rings. The summed E-state index contributed by atoms with van der Waals surface area (Å²) in [5.41, 5.74) is 7.01. The van der Waals surface area contributed by atoms with E-state index in [-0.39, 0.29) is 35.2 Å². The first-order valence-corrected chi connectivity index (χ1v) is 22.2. The SMILES string of the molecule is C#CCC(NC(=O)C1=C(C)CSC2C(NC(=O)CCCC3CCC4C5CCC6CCCCC6(C)C5CCC34C)C(=O)N12)NC(=O)C(C)(C)CCC(C)(C)N. The first kappa shape index (κ1) is 41.1. The average Bonchev–Trinajstić information content (AvgIpc) is 3.45. The molecule has 0 spiro atoms. The molecule has 0 radical (unpaired) electrons. The highest BCUT2D eigenvalue weighted by molar-refractivity contribution is 8.00. The zero-order chi connectivity index (χ0) is 39.2. The smallest absolute Gasteiger partial charge is 0.269 e. The predicted molar refractivity (Wildman–Crippen MR) is 216 cm³/mol. The molecule has 5 fully saturated rings. The lowest BCUT2D eigenvalue weighted by atomic mass is 9.45. The molecule has 4 saturated carbocycles. The van der Waals surface area contributed by atoms with Crippen molar-refractivity contribution in [2.75, 3.05) is 5.75 Å². The van der Waals surface area contributed by atoms with E-state index in [2.05, 4.69) is 35.7 Å². The van der Waals surface area contributed by atoms with Gasteiger partial charge in [-0.15, -0.1) is 24.1 Å². The van der Waals surface area contributed by atoms with Gasteiger partial charge in [0.25, 0.3) is 11.8 Å². The number of amides is 4. The number of terminal acetylenes is 1. The second-order valence-corrected chi connectivity index (χ2v) is 21.1. The van der Waals surface area contributed by atoms with Gasteiger partial charge in [-0.2, -0.15) is 0 Å². The second-order valence-electron chi connectivity index (χ2n) is 20.0. The van der Waals surface area contributed by atoms with Crippen LogP contribution in [0.25, 0.3) is 0 Å². The van der Waals surface area contributed by atoms with Crippen molar-refractivity contribution < 1.29 is 19.2 Å². The minimum absolute atomic E-state index is 0.0877. The van der Waals surface area contributed by atoms with Gasteiger partial charge in [0.2, 0.25) is 11.8 Å². The van der Waals surface area contributed by atoms with E-state index in [4.69, 9.17) is 12.2 Å².